The Morgan fingerprint density at radius 1 is 1.67 bits per heavy atom. The summed E-state index contributed by atoms with van der Waals surface area (Å²) < 4.78 is 6.76. The predicted octanol–water partition coefficient (Wildman–Crippen LogP) is -0.388. The van der Waals surface area contributed by atoms with Gasteiger partial charge in [-0.3, -0.25) is 4.79 Å². The van der Waals surface area contributed by atoms with Crippen molar-refractivity contribution in [3.63, 3.8) is 0 Å². The monoisotopic (exact) mass is 212 g/mol. The van der Waals surface area contributed by atoms with E-state index in [1.807, 2.05) is 6.92 Å². The summed E-state index contributed by atoms with van der Waals surface area (Å²) in [5.41, 5.74) is 12.4. The molecule has 0 saturated heterocycles. The maximum absolute atomic E-state index is 10.8. The number of aryl methyl sites for hydroxylation is 2. The van der Waals surface area contributed by atoms with Crippen LogP contribution >= 0.6 is 0 Å². The molecular weight excluding hydrogens is 196 g/mol. The SMILES string of the molecule is COc1c([C@@H](N)CC(N)=O)c(C)nn1C. The molecule has 0 spiro atoms. The second-order valence-corrected chi connectivity index (χ2v) is 3.41. The highest BCUT2D eigenvalue weighted by molar-refractivity contribution is 5.74. The number of rotatable bonds is 4. The highest BCUT2D eigenvalue weighted by atomic mass is 16.5. The van der Waals surface area contributed by atoms with Gasteiger partial charge in [-0.1, -0.05) is 0 Å². The summed E-state index contributed by atoms with van der Waals surface area (Å²) >= 11 is 0. The number of nitrogens with zero attached hydrogens (tertiary/aromatic N) is 2. The van der Waals surface area contributed by atoms with E-state index in [0.29, 0.717) is 5.88 Å². The molecule has 0 fully saturated rings. The standard InChI is InChI=1S/C9H16N4O2/c1-5-8(6(10)4-7(11)14)9(15-3)13(2)12-5/h6H,4,10H2,1-3H3,(H2,11,14)/t6-/m0/s1. The van der Waals surface area contributed by atoms with Crippen LogP contribution in [0.1, 0.15) is 23.7 Å². The Kier molecular flexibility index (Phi) is 3.31. The minimum atomic E-state index is -0.467. The third-order valence-corrected chi connectivity index (χ3v) is 2.20. The van der Waals surface area contributed by atoms with E-state index in [4.69, 9.17) is 16.2 Å². The molecule has 0 aromatic carbocycles. The highest BCUT2D eigenvalue weighted by Gasteiger charge is 2.21. The number of aromatic nitrogens is 2. The Bertz CT molecular complexity index is 372. The molecule has 0 bridgehead atoms. The number of hydrogen-bond acceptors (Lipinski definition) is 4. The number of amides is 1. The third kappa shape index (κ3) is 2.27. The normalized spacial score (nSPS) is 12.5. The molecule has 1 atom stereocenters. The zero-order valence-corrected chi connectivity index (χ0v) is 9.15. The molecule has 0 aliphatic heterocycles. The lowest BCUT2D eigenvalue weighted by Crippen LogP contribution is -2.21. The Labute approximate surface area is 88.2 Å². The fourth-order valence-corrected chi connectivity index (χ4v) is 1.64. The van der Waals surface area contributed by atoms with Crippen LogP contribution in [0.3, 0.4) is 0 Å². The van der Waals surface area contributed by atoms with Crippen molar-refractivity contribution in [3.8, 4) is 5.88 Å². The van der Waals surface area contributed by atoms with Gasteiger partial charge in [0.1, 0.15) is 0 Å². The first-order valence-corrected chi connectivity index (χ1v) is 4.58. The van der Waals surface area contributed by atoms with Crippen LogP contribution in [0.5, 0.6) is 5.88 Å². The van der Waals surface area contributed by atoms with Crippen molar-refractivity contribution in [2.45, 2.75) is 19.4 Å². The lowest BCUT2D eigenvalue weighted by molar-refractivity contribution is -0.118. The molecule has 4 N–H and O–H groups in total. The summed E-state index contributed by atoms with van der Waals surface area (Å²) in [7, 11) is 3.29. The summed E-state index contributed by atoms with van der Waals surface area (Å²) in [4.78, 5) is 10.8. The van der Waals surface area contributed by atoms with Gasteiger partial charge >= 0.3 is 0 Å². The maximum Gasteiger partial charge on any atom is 0.219 e. The maximum atomic E-state index is 10.8. The minimum Gasteiger partial charge on any atom is -0.481 e. The average molecular weight is 212 g/mol. The summed E-state index contributed by atoms with van der Waals surface area (Å²) in [5.74, 6) is 0.133. The molecule has 0 saturated carbocycles. The van der Waals surface area contributed by atoms with Crippen molar-refractivity contribution in [1.29, 1.82) is 0 Å². The molecule has 15 heavy (non-hydrogen) atoms. The van der Waals surface area contributed by atoms with E-state index in [-0.39, 0.29) is 6.42 Å². The molecule has 6 heteroatoms. The van der Waals surface area contributed by atoms with Crippen molar-refractivity contribution in [3.05, 3.63) is 11.3 Å². The Hall–Kier alpha value is -1.56. The zero-order valence-electron chi connectivity index (χ0n) is 9.15. The van der Waals surface area contributed by atoms with Crippen LogP contribution in [-0.2, 0) is 11.8 Å². The Morgan fingerprint density at radius 2 is 2.27 bits per heavy atom. The second-order valence-electron chi connectivity index (χ2n) is 3.41. The first-order chi connectivity index (χ1) is 6.97. The van der Waals surface area contributed by atoms with Crippen LogP contribution < -0.4 is 16.2 Å². The predicted molar refractivity (Wildman–Crippen MR) is 55.2 cm³/mol. The molecule has 84 valence electrons. The number of ether oxygens (including phenoxy) is 1. The first kappa shape index (κ1) is 11.5. The van der Waals surface area contributed by atoms with Gasteiger partial charge in [0.05, 0.1) is 18.4 Å². The van der Waals surface area contributed by atoms with Crippen molar-refractivity contribution in [2.75, 3.05) is 7.11 Å². The summed E-state index contributed by atoms with van der Waals surface area (Å²) in [6.45, 7) is 1.82. The fraction of sp³-hybridized carbons (Fsp3) is 0.556. The number of hydrogen-bond donors (Lipinski definition) is 2. The number of primary amides is 1. The van der Waals surface area contributed by atoms with Crippen LogP contribution in [0.25, 0.3) is 0 Å². The van der Waals surface area contributed by atoms with E-state index in [1.165, 1.54) is 7.11 Å². The minimum absolute atomic E-state index is 0.0862. The van der Waals surface area contributed by atoms with Gasteiger partial charge in [0.15, 0.2) is 0 Å². The van der Waals surface area contributed by atoms with Gasteiger partial charge in [-0.2, -0.15) is 5.10 Å². The van der Waals surface area contributed by atoms with Crippen LogP contribution in [-0.4, -0.2) is 22.8 Å². The van der Waals surface area contributed by atoms with Crippen LogP contribution in [0, 0.1) is 6.92 Å². The summed E-state index contributed by atoms with van der Waals surface area (Å²) in [5, 5.41) is 4.17. The second kappa shape index (κ2) is 4.31. The smallest absolute Gasteiger partial charge is 0.219 e. The molecular formula is C9H16N4O2. The lowest BCUT2D eigenvalue weighted by Gasteiger charge is -2.11. The van der Waals surface area contributed by atoms with Gasteiger partial charge in [-0.05, 0) is 6.92 Å². The van der Waals surface area contributed by atoms with E-state index < -0.39 is 11.9 Å². The molecule has 6 nitrogen and oxygen atoms in total. The Morgan fingerprint density at radius 3 is 2.73 bits per heavy atom. The average Bonchev–Trinajstić information content (AvgIpc) is 2.38. The molecule has 1 aromatic heterocycles. The summed E-state index contributed by atoms with van der Waals surface area (Å²) in [6, 6.07) is -0.467. The van der Waals surface area contributed by atoms with Gasteiger partial charge in [-0.25, -0.2) is 4.68 Å². The molecule has 0 aliphatic rings. The highest BCUT2D eigenvalue weighted by Crippen LogP contribution is 2.27. The molecule has 1 aromatic rings. The van der Waals surface area contributed by atoms with Gasteiger partial charge in [-0.15, -0.1) is 0 Å². The molecule has 1 heterocycles. The first-order valence-electron chi connectivity index (χ1n) is 4.58. The van der Waals surface area contributed by atoms with E-state index >= 15 is 0 Å². The fourth-order valence-electron chi connectivity index (χ4n) is 1.64. The van der Waals surface area contributed by atoms with E-state index in [2.05, 4.69) is 5.10 Å². The number of carbonyl (C=O) groups is 1. The van der Waals surface area contributed by atoms with E-state index in [9.17, 15) is 4.79 Å². The third-order valence-electron chi connectivity index (χ3n) is 2.20. The Balaban J connectivity index is 3.06. The quantitative estimate of drug-likeness (QED) is 0.710. The largest absolute Gasteiger partial charge is 0.481 e. The number of nitrogens with two attached hydrogens (primary N) is 2. The number of methoxy groups -OCH3 is 1. The molecule has 0 radical (unpaired) electrons. The van der Waals surface area contributed by atoms with Crippen LogP contribution in [0.4, 0.5) is 0 Å². The van der Waals surface area contributed by atoms with Crippen molar-refractivity contribution in [1.82, 2.24) is 9.78 Å². The van der Waals surface area contributed by atoms with Crippen molar-refractivity contribution >= 4 is 5.91 Å². The van der Waals surface area contributed by atoms with Gasteiger partial charge in [0.2, 0.25) is 11.8 Å². The van der Waals surface area contributed by atoms with E-state index in [0.717, 1.165) is 11.3 Å². The van der Waals surface area contributed by atoms with Crippen molar-refractivity contribution in [2.24, 2.45) is 18.5 Å². The van der Waals surface area contributed by atoms with E-state index in [1.54, 1.807) is 11.7 Å². The van der Waals surface area contributed by atoms with Crippen molar-refractivity contribution < 1.29 is 9.53 Å². The lowest BCUT2D eigenvalue weighted by atomic mass is 10.1. The topological polar surface area (TPSA) is 96.2 Å². The molecule has 0 unspecified atom stereocenters. The summed E-state index contributed by atoms with van der Waals surface area (Å²) in [6.07, 6.45) is 0.0862. The van der Waals surface area contributed by atoms with Gasteiger partial charge in [0.25, 0.3) is 0 Å². The van der Waals surface area contributed by atoms with Crippen LogP contribution in [0.15, 0.2) is 0 Å². The molecule has 0 aliphatic carbocycles. The van der Waals surface area contributed by atoms with Gasteiger partial charge < -0.3 is 16.2 Å². The van der Waals surface area contributed by atoms with Gasteiger partial charge in [0, 0.05) is 19.5 Å². The molecule has 1 rings (SSSR count). The zero-order chi connectivity index (χ0) is 11.6. The molecule has 1 amide bonds. The number of carbonyl (C=O) groups excluding carboxylic acids is 1. The van der Waals surface area contributed by atoms with Crippen LogP contribution in [0.2, 0.25) is 0 Å².